The molecule has 23 heavy (non-hydrogen) atoms. The smallest absolute Gasteiger partial charge is 0.238 e. The molecule has 2 aromatic rings. The first-order valence-corrected chi connectivity index (χ1v) is 8.61. The molecule has 2 rings (SSSR count). The minimum atomic E-state index is -3.75. The van der Waals surface area contributed by atoms with Gasteiger partial charge in [0.25, 0.3) is 0 Å². The average molecular weight is 335 g/mol. The highest BCUT2D eigenvalue weighted by molar-refractivity contribution is 7.89. The van der Waals surface area contributed by atoms with E-state index in [0.29, 0.717) is 17.5 Å². The monoisotopic (exact) mass is 335 g/mol. The molecule has 0 amide bonds. The lowest BCUT2D eigenvalue weighted by atomic mass is 10.1. The molecule has 7 nitrogen and oxygen atoms in total. The molecule has 0 atom stereocenters. The number of anilines is 3. The van der Waals surface area contributed by atoms with Gasteiger partial charge >= 0.3 is 0 Å². The average Bonchev–Trinajstić information content (AvgIpc) is 2.40. The third kappa shape index (κ3) is 4.90. The van der Waals surface area contributed by atoms with Crippen LogP contribution < -0.4 is 15.8 Å². The van der Waals surface area contributed by atoms with Crippen LogP contribution in [0.15, 0.2) is 35.4 Å². The van der Waals surface area contributed by atoms with Crippen LogP contribution in [0.1, 0.15) is 26.3 Å². The Morgan fingerprint density at radius 1 is 1.22 bits per heavy atom. The van der Waals surface area contributed by atoms with Crippen molar-refractivity contribution in [2.75, 3.05) is 10.6 Å². The van der Waals surface area contributed by atoms with Gasteiger partial charge in [0.15, 0.2) is 0 Å². The first-order valence-electron chi connectivity index (χ1n) is 7.06. The Morgan fingerprint density at radius 3 is 2.52 bits per heavy atom. The molecule has 124 valence electrons. The van der Waals surface area contributed by atoms with E-state index in [1.165, 1.54) is 12.1 Å². The summed E-state index contributed by atoms with van der Waals surface area (Å²) >= 11 is 0. The van der Waals surface area contributed by atoms with Gasteiger partial charge in [0.05, 0.1) is 4.90 Å². The van der Waals surface area contributed by atoms with Gasteiger partial charge in [0.1, 0.15) is 5.82 Å². The maximum atomic E-state index is 11.4. The number of nitrogens with two attached hydrogens (primary N) is 1. The molecule has 0 unspecified atom stereocenters. The van der Waals surface area contributed by atoms with Crippen molar-refractivity contribution in [1.29, 1.82) is 0 Å². The predicted octanol–water partition coefficient (Wildman–Crippen LogP) is 2.39. The standard InChI is InChI=1S/C15H21N5O2S/c1-10-9-17-14(20-15(2,3)4)19-13(10)18-11-6-5-7-12(8-11)23(16,21)22/h5-9H,1-4H3,(H2,16,21,22)(H2,17,18,19,20). The number of nitrogens with one attached hydrogen (secondary N) is 2. The lowest BCUT2D eigenvalue weighted by molar-refractivity contribution is 0.598. The number of primary sulfonamides is 1. The molecule has 1 aromatic heterocycles. The van der Waals surface area contributed by atoms with E-state index in [4.69, 9.17) is 5.14 Å². The quantitative estimate of drug-likeness (QED) is 0.791. The lowest BCUT2D eigenvalue weighted by Gasteiger charge is -2.21. The Morgan fingerprint density at radius 2 is 1.91 bits per heavy atom. The number of rotatable bonds is 4. The normalized spacial score (nSPS) is 12.0. The van der Waals surface area contributed by atoms with Crippen LogP contribution in [0.25, 0.3) is 0 Å². The van der Waals surface area contributed by atoms with E-state index in [0.717, 1.165) is 5.56 Å². The van der Waals surface area contributed by atoms with Crippen molar-refractivity contribution in [3.05, 3.63) is 36.0 Å². The van der Waals surface area contributed by atoms with E-state index >= 15 is 0 Å². The highest BCUT2D eigenvalue weighted by Gasteiger charge is 2.13. The van der Waals surface area contributed by atoms with Crippen LogP contribution in [-0.2, 0) is 10.0 Å². The van der Waals surface area contributed by atoms with Crippen LogP contribution in [-0.4, -0.2) is 23.9 Å². The van der Waals surface area contributed by atoms with Gasteiger partial charge in [-0.15, -0.1) is 0 Å². The van der Waals surface area contributed by atoms with Gasteiger partial charge in [-0.05, 0) is 45.9 Å². The van der Waals surface area contributed by atoms with Gasteiger partial charge in [0, 0.05) is 23.0 Å². The van der Waals surface area contributed by atoms with Gasteiger partial charge in [0.2, 0.25) is 16.0 Å². The predicted molar refractivity (Wildman–Crippen MR) is 91.2 cm³/mol. The topological polar surface area (TPSA) is 110 Å². The molecule has 0 aliphatic heterocycles. The Labute approximate surface area is 136 Å². The van der Waals surface area contributed by atoms with Crippen molar-refractivity contribution in [2.45, 2.75) is 38.1 Å². The molecule has 0 spiro atoms. The summed E-state index contributed by atoms with van der Waals surface area (Å²) < 4.78 is 22.9. The van der Waals surface area contributed by atoms with E-state index in [2.05, 4.69) is 20.6 Å². The second kappa shape index (κ2) is 6.13. The second-order valence-corrected chi connectivity index (χ2v) is 7.86. The number of nitrogens with zero attached hydrogens (tertiary/aromatic N) is 2. The third-order valence-electron chi connectivity index (χ3n) is 2.88. The Bertz CT molecular complexity index is 813. The molecular weight excluding hydrogens is 314 g/mol. The van der Waals surface area contributed by atoms with Crippen LogP contribution in [0.3, 0.4) is 0 Å². The van der Waals surface area contributed by atoms with Crippen molar-refractivity contribution in [3.63, 3.8) is 0 Å². The molecular formula is C15H21N5O2S. The highest BCUT2D eigenvalue weighted by Crippen LogP contribution is 2.22. The van der Waals surface area contributed by atoms with Gasteiger partial charge in [-0.2, -0.15) is 4.98 Å². The number of aromatic nitrogens is 2. The SMILES string of the molecule is Cc1cnc(NC(C)(C)C)nc1Nc1cccc(S(N)(=O)=O)c1. The number of benzene rings is 1. The molecule has 1 aromatic carbocycles. The van der Waals surface area contributed by atoms with Gasteiger partial charge in [-0.1, -0.05) is 6.07 Å². The molecule has 1 heterocycles. The summed E-state index contributed by atoms with van der Waals surface area (Å²) in [5.74, 6) is 1.09. The fourth-order valence-electron chi connectivity index (χ4n) is 1.85. The molecule has 0 saturated heterocycles. The summed E-state index contributed by atoms with van der Waals surface area (Å²) in [6, 6.07) is 6.27. The zero-order chi connectivity index (χ0) is 17.3. The van der Waals surface area contributed by atoms with E-state index in [1.807, 2.05) is 27.7 Å². The van der Waals surface area contributed by atoms with Crippen LogP contribution in [0.2, 0.25) is 0 Å². The number of hydrogen-bond acceptors (Lipinski definition) is 6. The molecule has 0 aliphatic carbocycles. The summed E-state index contributed by atoms with van der Waals surface area (Å²) in [4.78, 5) is 8.72. The zero-order valence-electron chi connectivity index (χ0n) is 13.6. The molecule has 4 N–H and O–H groups in total. The maximum absolute atomic E-state index is 11.4. The molecule has 0 bridgehead atoms. The first-order chi connectivity index (χ1) is 10.5. The van der Waals surface area contributed by atoms with E-state index in [-0.39, 0.29) is 10.4 Å². The van der Waals surface area contributed by atoms with Crippen molar-refractivity contribution in [1.82, 2.24) is 9.97 Å². The van der Waals surface area contributed by atoms with Crippen molar-refractivity contribution in [3.8, 4) is 0 Å². The zero-order valence-corrected chi connectivity index (χ0v) is 14.4. The molecule has 0 fully saturated rings. The van der Waals surface area contributed by atoms with Crippen molar-refractivity contribution >= 4 is 27.5 Å². The van der Waals surface area contributed by atoms with E-state index < -0.39 is 10.0 Å². The van der Waals surface area contributed by atoms with Crippen LogP contribution >= 0.6 is 0 Å². The number of aryl methyl sites for hydroxylation is 1. The minimum Gasteiger partial charge on any atom is -0.350 e. The van der Waals surface area contributed by atoms with E-state index in [1.54, 1.807) is 18.3 Å². The van der Waals surface area contributed by atoms with Crippen LogP contribution in [0, 0.1) is 6.92 Å². The summed E-state index contributed by atoms with van der Waals surface area (Å²) in [5, 5.41) is 11.4. The van der Waals surface area contributed by atoms with E-state index in [9.17, 15) is 8.42 Å². The molecule has 0 saturated carbocycles. The van der Waals surface area contributed by atoms with Crippen LogP contribution in [0.5, 0.6) is 0 Å². The minimum absolute atomic E-state index is 0.0437. The van der Waals surface area contributed by atoms with Gasteiger partial charge < -0.3 is 10.6 Å². The fraction of sp³-hybridized carbons (Fsp3) is 0.333. The molecule has 0 aliphatic rings. The molecule has 8 heteroatoms. The summed E-state index contributed by atoms with van der Waals surface area (Å²) in [7, 11) is -3.75. The van der Waals surface area contributed by atoms with Gasteiger partial charge in [-0.25, -0.2) is 18.5 Å². The third-order valence-corrected chi connectivity index (χ3v) is 3.79. The lowest BCUT2D eigenvalue weighted by Crippen LogP contribution is -2.27. The number of hydrogen-bond donors (Lipinski definition) is 3. The largest absolute Gasteiger partial charge is 0.350 e. The fourth-order valence-corrected chi connectivity index (χ4v) is 2.41. The first kappa shape index (κ1) is 17.2. The van der Waals surface area contributed by atoms with Crippen molar-refractivity contribution in [2.24, 2.45) is 5.14 Å². The molecule has 0 radical (unpaired) electrons. The second-order valence-electron chi connectivity index (χ2n) is 6.30. The Hall–Kier alpha value is -2.19. The number of sulfonamides is 1. The van der Waals surface area contributed by atoms with Crippen molar-refractivity contribution < 1.29 is 8.42 Å². The highest BCUT2D eigenvalue weighted by atomic mass is 32.2. The summed E-state index contributed by atoms with van der Waals surface area (Å²) in [6.07, 6.45) is 1.70. The summed E-state index contributed by atoms with van der Waals surface area (Å²) in [6.45, 7) is 7.91. The maximum Gasteiger partial charge on any atom is 0.238 e. The Kier molecular flexibility index (Phi) is 4.58. The summed E-state index contributed by atoms with van der Waals surface area (Å²) in [5.41, 5.74) is 1.26. The van der Waals surface area contributed by atoms with Crippen LogP contribution in [0.4, 0.5) is 17.5 Å². The van der Waals surface area contributed by atoms with Gasteiger partial charge in [-0.3, -0.25) is 0 Å². The Balaban J connectivity index is 2.31.